The van der Waals surface area contributed by atoms with Gasteiger partial charge < -0.3 is 9.80 Å². The molecule has 4 rings (SSSR count). The van der Waals surface area contributed by atoms with Crippen molar-refractivity contribution in [3.8, 4) is 0 Å². The van der Waals surface area contributed by atoms with Crippen molar-refractivity contribution in [1.82, 2.24) is 9.97 Å². The van der Waals surface area contributed by atoms with Crippen LogP contribution in [0, 0.1) is 20.8 Å². The molecule has 2 heterocycles. The van der Waals surface area contributed by atoms with Gasteiger partial charge in [-0.1, -0.05) is 35.9 Å². The molecular formula is C20H20N4. The topological polar surface area (TPSA) is 32.3 Å². The third kappa shape index (κ3) is 2.31. The van der Waals surface area contributed by atoms with Gasteiger partial charge in [0.25, 0.3) is 0 Å². The summed E-state index contributed by atoms with van der Waals surface area (Å²) in [6, 6.07) is 14.8. The van der Waals surface area contributed by atoms with E-state index in [0.29, 0.717) is 6.67 Å². The minimum absolute atomic E-state index is 0.716. The smallest absolute Gasteiger partial charge is 0.178 e. The Labute approximate surface area is 142 Å². The van der Waals surface area contributed by atoms with Gasteiger partial charge >= 0.3 is 0 Å². The van der Waals surface area contributed by atoms with Crippen LogP contribution >= 0.6 is 0 Å². The van der Waals surface area contributed by atoms with Gasteiger partial charge in [-0.05, 0) is 44.0 Å². The quantitative estimate of drug-likeness (QED) is 0.689. The number of nitrogens with zero attached hydrogens (tertiary/aromatic N) is 4. The molecule has 0 amide bonds. The lowest BCUT2D eigenvalue weighted by Gasteiger charge is -2.24. The summed E-state index contributed by atoms with van der Waals surface area (Å²) in [4.78, 5) is 13.7. The van der Waals surface area contributed by atoms with Crippen LogP contribution in [0.2, 0.25) is 0 Å². The lowest BCUT2D eigenvalue weighted by Crippen LogP contribution is -2.25. The van der Waals surface area contributed by atoms with Crippen LogP contribution in [0.15, 0.2) is 54.9 Å². The van der Waals surface area contributed by atoms with Crippen molar-refractivity contribution in [2.75, 3.05) is 16.5 Å². The van der Waals surface area contributed by atoms with E-state index in [1.807, 2.05) is 6.07 Å². The number of hydrogen-bond acceptors (Lipinski definition) is 4. The Morgan fingerprint density at radius 2 is 1.38 bits per heavy atom. The number of fused-ring (bicyclic) bond motifs is 1. The highest BCUT2D eigenvalue weighted by Gasteiger charge is 2.31. The monoisotopic (exact) mass is 316 g/mol. The number of anilines is 4. The Morgan fingerprint density at radius 3 is 2.00 bits per heavy atom. The van der Waals surface area contributed by atoms with Gasteiger partial charge in [0.2, 0.25) is 0 Å². The SMILES string of the molecule is Cc1cc(C)c(N2CN(c3ccccc3)c3nccnc32)c(C)c1. The van der Waals surface area contributed by atoms with E-state index in [1.165, 1.54) is 22.4 Å². The Bertz CT molecular complexity index is 866. The summed E-state index contributed by atoms with van der Waals surface area (Å²) in [7, 11) is 0. The van der Waals surface area contributed by atoms with Gasteiger partial charge in [0, 0.05) is 18.1 Å². The predicted octanol–water partition coefficient (Wildman–Crippen LogP) is 4.65. The number of aromatic nitrogens is 2. The first-order valence-corrected chi connectivity index (χ1v) is 8.14. The van der Waals surface area contributed by atoms with E-state index in [0.717, 1.165) is 17.3 Å². The molecule has 0 N–H and O–H groups in total. The van der Waals surface area contributed by atoms with Crippen molar-refractivity contribution < 1.29 is 0 Å². The molecule has 0 radical (unpaired) electrons. The van der Waals surface area contributed by atoms with Crippen LogP contribution in [-0.2, 0) is 0 Å². The molecule has 4 heteroatoms. The molecule has 0 aliphatic carbocycles. The van der Waals surface area contributed by atoms with Crippen molar-refractivity contribution in [1.29, 1.82) is 0 Å². The van der Waals surface area contributed by atoms with Crippen LogP contribution in [0.5, 0.6) is 0 Å². The molecule has 120 valence electrons. The van der Waals surface area contributed by atoms with Gasteiger partial charge in [-0.15, -0.1) is 0 Å². The first-order chi connectivity index (χ1) is 11.6. The van der Waals surface area contributed by atoms with E-state index in [1.54, 1.807) is 12.4 Å². The van der Waals surface area contributed by atoms with E-state index >= 15 is 0 Å². The van der Waals surface area contributed by atoms with Crippen LogP contribution < -0.4 is 9.80 Å². The Morgan fingerprint density at radius 1 is 0.792 bits per heavy atom. The van der Waals surface area contributed by atoms with Crippen LogP contribution in [0.4, 0.5) is 23.0 Å². The molecule has 0 saturated carbocycles. The molecule has 3 aromatic rings. The average Bonchev–Trinajstić information content (AvgIpc) is 2.94. The van der Waals surface area contributed by atoms with Gasteiger partial charge in [-0.2, -0.15) is 0 Å². The van der Waals surface area contributed by atoms with Gasteiger partial charge in [0.1, 0.15) is 6.67 Å². The molecule has 2 aromatic carbocycles. The molecule has 1 aromatic heterocycles. The molecule has 0 spiro atoms. The minimum atomic E-state index is 0.716. The second kappa shape index (κ2) is 5.64. The van der Waals surface area contributed by atoms with Gasteiger partial charge in [-0.3, -0.25) is 0 Å². The molecule has 0 fully saturated rings. The lowest BCUT2D eigenvalue weighted by atomic mass is 10.0. The highest BCUT2D eigenvalue weighted by atomic mass is 15.4. The molecular weight excluding hydrogens is 296 g/mol. The van der Waals surface area contributed by atoms with E-state index in [4.69, 9.17) is 0 Å². The van der Waals surface area contributed by atoms with E-state index in [9.17, 15) is 0 Å². The molecule has 0 bridgehead atoms. The fourth-order valence-corrected chi connectivity index (χ4v) is 3.57. The maximum Gasteiger partial charge on any atom is 0.178 e. The summed E-state index contributed by atoms with van der Waals surface area (Å²) in [6.07, 6.45) is 3.52. The fraction of sp³-hybridized carbons (Fsp3) is 0.200. The lowest BCUT2D eigenvalue weighted by molar-refractivity contribution is 0.965. The number of para-hydroxylation sites is 1. The molecule has 1 aliphatic heterocycles. The normalized spacial score (nSPS) is 13.3. The highest BCUT2D eigenvalue weighted by molar-refractivity contribution is 5.83. The maximum absolute atomic E-state index is 4.62. The van der Waals surface area contributed by atoms with Crippen LogP contribution in [-0.4, -0.2) is 16.6 Å². The van der Waals surface area contributed by atoms with E-state index < -0.39 is 0 Å². The zero-order valence-corrected chi connectivity index (χ0v) is 14.2. The first-order valence-electron chi connectivity index (χ1n) is 8.14. The highest BCUT2D eigenvalue weighted by Crippen LogP contribution is 2.43. The minimum Gasteiger partial charge on any atom is -0.305 e. The second-order valence-electron chi connectivity index (χ2n) is 6.28. The predicted molar refractivity (Wildman–Crippen MR) is 98.3 cm³/mol. The zero-order valence-electron chi connectivity index (χ0n) is 14.2. The summed E-state index contributed by atoms with van der Waals surface area (Å²) in [6.45, 7) is 7.18. The average molecular weight is 316 g/mol. The van der Waals surface area contributed by atoms with Crippen LogP contribution in [0.3, 0.4) is 0 Å². The van der Waals surface area contributed by atoms with Crippen LogP contribution in [0.25, 0.3) is 0 Å². The third-order valence-electron chi connectivity index (χ3n) is 4.43. The van der Waals surface area contributed by atoms with Crippen molar-refractivity contribution in [3.05, 3.63) is 71.5 Å². The molecule has 0 unspecified atom stereocenters. The Hall–Kier alpha value is -2.88. The number of benzene rings is 2. The number of rotatable bonds is 2. The Balaban J connectivity index is 1.85. The van der Waals surface area contributed by atoms with Crippen molar-refractivity contribution in [2.45, 2.75) is 20.8 Å². The van der Waals surface area contributed by atoms with Crippen molar-refractivity contribution >= 4 is 23.0 Å². The molecule has 24 heavy (non-hydrogen) atoms. The van der Waals surface area contributed by atoms with Gasteiger partial charge in [0.05, 0.1) is 5.69 Å². The standard InChI is InChI=1S/C20H20N4/c1-14-11-15(2)18(16(3)12-14)24-13-23(17-7-5-4-6-8-17)19-20(24)22-10-9-21-19/h4-12H,13H2,1-3H3. The third-order valence-corrected chi connectivity index (χ3v) is 4.43. The number of hydrogen-bond donors (Lipinski definition) is 0. The summed E-state index contributed by atoms with van der Waals surface area (Å²) in [5, 5.41) is 0. The van der Waals surface area contributed by atoms with E-state index in [2.05, 4.69) is 76.9 Å². The maximum atomic E-state index is 4.62. The van der Waals surface area contributed by atoms with E-state index in [-0.39, 0.29) is 0 Å². The van der Waals surface area contributed by atoms with Gasteiger partial charge in [-0.25, -0.2) is 9.97 Å². The van der Waals surface area contributed by atoms with Crippen LogP contribution in [0.1, 0.15) is 16.7 Å². The summed E-state index contributed by atoms with van der Waals surface area (Å²) < 4.78 is 0. The largest absolute Gasteiger partial charge is 0.305 e. The second-order valence-corrected chi connectivity index (χ2v) is 6.28. The van der Waals surface area contributed by atoms with Gasteiger partial charge in [0.15, 0.2) is 11.6 Å². The number of aryl methyl sites for hydroxylation is 3. The molecule has 4 nitrogen and oxygen atoms in total. The first kappa shape index (κ1) is 14.7. The molecule has 0 atom stereocenters. The summed E-state index contributed by atoms with van der Waals surface area (Å²) >= 11 is 0. The molecule has 1 aliphatic rings. The Kier molecular flexibility index (Phi) is 3.45. The summed E-state index contributed by atoms with van der Waals surface area (Å²) in [5.74, 6) is 1.82. The molecule has 0 saturated heterocycles. The summed E-state index contributed by atoms with van der Waals surface area (Å²) in [5.41, 5.74) is 6.16. The van der Waals surface area contributed by atoms with Crippen molar-refractivity contribution in [2.24, 2.45) is 0 Å². The fourth-order valence-electron chi connectivity index (χ4n) is 3.57. The zero-order chi connectivity index (χ0) is 16.7. The van der Waals surface area contributed by atoms with Crippen molar-refractivity contribution in [3.63, 3.8) is 0 Å².